The van der Waals surface area contributed by atoms with E-state index in [2.05, 4.69) is 33.0 Å². The fourth-order valence-corrected chi connectivity index (χ4v) is 3.69. The molecule has 3 aromatic rings. The first kappa shape index (κ1) is 17.5. The van der Waals surface area contributed by atoms with Gasteiger partial charge in [-0.1, -0.05) is 25.1 Å². The lowest BCUT2D eigenvalue weighted by Crippen LogP contribution is -2.34. The molecule has 0 N–H and O–H groups in total. The molecule has 0 bridgehead atoms. The number of para-hydroxylation sites is 1. The van der Waals surface area contributed by atoms with Gasteiger partial charge in [-0.15, -0.1) is 0 Å². The van der Waals surface area contributed by atoms with Gasteiger partial charge in [-0.05, 0) is 31.4 Å². The topological polar surface area (TPSA) is 68.8 Å². The van der Waals surface area contributed by atoms with Gasteiger partial charge in [0.1, 0.15) is 18.0 Å². The Morgan fingerprint density at radius 3 is 2.56 bits per heavy atom. The van der Waals surface area contributed by atoms with Crippen LogP contribution < -0.4 is 10.6 Å². The molecule has 0 saturated carbocycles. The summed E-state index contributed by atoms with van der Waals surface area (Å²) in [6.45, 7) is 3.89. The molecule has 7 heteroatoms. The summed E-state index contributed by atoms with van der Waals surface area (Å²) in [6, 6.07) is 11.8. The molecule has 2 aromatic heterocycles. The highest BCUT2D eigenvalue weighted by Crippen LogP contribution is 2.29. The van der Waals surface area contributed by atoms with Crippen molar-refractivity contribution in [2.45, 2.75) is 32.1 Å². The lowest BCUT2D eigenvalue weighted by Gasteiger charge is -2.32. The maximum Gasteiger partial charge on any atom is 0.350 e. The predicted molar refractivity (Wildman–Crippen MR) is 104 cm³/mol. The Morgan fingerprint density at radius 2 is 1.85 bits per heavy atom. The van der Waals surface area contributed by atoms with Crippen molar-refractivity contribution in [2.24, 2.45) is 7.05 Å². The van der Waals surface area contributed by atoms with Crippen molar-refractivity contribution in [3.8, 4) is 5.69 Å². The molecule has 3 heterocycles. The fourth-order valence-electron chi connectivity index (χ4n) is 3.69. The van der Waals surface area contributed by atoms with Crippen LogP contribution in [0.2, 0.25) is 0 Å². The number of rotatable bonds is 4. The van der Waals surface area contributed by atoms with E-state index in [0.717, 1.165) is 55.4 Å². The Balaban J connectivity index is 1.57. The van der Waals surface area contributed by atoms with Crippen molar-refractivity contribution in [3.63, 3.8) is 0 Å². The number of piperidine rings is 1. The van der Waals surface area contributed by atoms with Gasteiger partial charge in [0.25, 0.3) is 0 Å². The summed E-state index contributed by atoms with van der Waals surface area (Å²) in [7, 11) is 1.72. The maximum atomic E-state index is 12.6. The van der Waals surface area contributed by atoms with E-state index in [1.165, 1.54) is 4.68 Å². The van der Waals surface area contributed by atoms with Gasteiger partial charge in [0.05, 0.1) is 5.69 Å². The Bertz CT molecular complexity index is 970. The maximum absolute atomic E-state index is 12.6. The second kappa shape index (κ2) is 7.34. The number of hydrogen-bond donors (Lipinski definition) is 0. The van der Waals surface area contributed by atoms with Crippen molar-refractivity contribution in [1.82, 2.24) is 24.3 Å². The van der Waals surface area contributed by atoms with Crippen molar-refractivity contribution < 1.29 is 0 Å². The molecular formula is C20H24N6O. The van der Waals surface area contributed by atoms with E-state index in [1.807, 2.05) is 30.3 Å². The fraction of sp³-hybridized carbons (Fsp3) is 0.400. The number of hydrogen-bond acceptors (Lipinski definition) is 5. The average molecular weight is 364 g/mol. The first-order valence-corrected chi connectivity index (χ1v) is 9.44. The second-order valence-electron chi connectivity index (χ2n) is 6.92. The highest BCUT2D eigenvalue weighted by atomic mass is 16.2. The van der Waals surface area contributed by atoms with Crippen LogP contribution in [-0.4, -0.2) is 37.4 Å². The van der Waals surface area contributed by atoms with E-state index in [-0.39, 0.29) is 11.6 Å². The molecule has 0 atom stereocenters. The number of aromatic nitrogens is 5. The van der Waals surface area contributed by atoms with Crippen LogP contribution in [0.3, 0.4) is 0 Å². The van der Waals surface area contributed by atoms with Crippen molar-refractivity contribution >= 4 is 5.82 Å². The molecule has 0 spiro atoms. The molecule has 0 unspecified atom stereocenters. The standard InChI is InChI=1S/C20H24N6O/c1-3-16-13-18(22-14-21-16)25-11-9-15(10-12-25)19-23-24(2)20(27)26(19)17-7-5-4-6-8-17/h4-8,13-15H,3,9-12H2,1-2H3. The van der Waals surface area contributed by atoms with Gasteiger partial charge in [-0.2, -0.15) is 5.10 Å². The molecule has 4 rings (SSSR count). The predicted octanol–water partition coefficient (Wildman–Crippen LogP) is 2.31. The molecule has 1 aliphatic heterocycles. The van der Waals surface area contributed by atoms with Gasteiger partial charge < -0.3 is 4.90 Å². The van der Waals surface area contributed by atoms with Crippen LogP contribution in [-0.2, 0) is 13.5 Å². The third-order valence-corrected chi connectivity index (χ3v) is 5.22. The normalized spacial score (nSPS) is 15.3. The van der Waals surface area contributed by atoms with E-state index in [0.29, 0.717) is 0 Å². The Labute approximate surface area is 158 Å². The molecule has 140 valence electrons. The van der Waals surface area contributed by atoms with E-state index in [4.69, 9.17) is 0 Å². The minimum Gasteiger partial charge on any atom is -0.356 e. The number of nitrogens with zero attached hydrogens (tertiary/aromatic N) is 6. The van der Waals surface area contributed by atoms with Crippen LogP contribution in [0.5, 0.6) is 0 Å². The Morgan fingerprint density at radius 1 is 1.11 bits per heavy atom. The zero-order valence-corrected chi connectivity index (χ0v) is 15.7. The first-order valence-electron chi connectivity index (χ1n) is 9.44. The highest BCUT2D eigenvalue weighted by Gasteiger charge is 2.27. The summed E-state index contributed by atoms with van der Waals surface area (Å²) < 4.78 is 3.19. The molecule has 1 aliphatic rings. The van der Waals surface area contributed by atoms with Crippen LogP contribution in [0, 0.1) is 0 Å². The largest absolute Gasteiger partial charge is 0.356 e. The van der Waals surface area contributed by atoms with Crippen molar-refractivity contribution in [2.75, 3.05) is 18.0 Å². The molecule has 0 aliphatic carbocycles. The van der Waals surface area contributed by atoms with Gasteiger partial charge in [0.2, 0.25) is 0 Å². The van der Waals surface area contributed by atoms with Gasteiger partial charge in [-0.3, -0.25) is 0 Å². The lowest BCUT2D eigenvalue weighted by molar-refractivity contribution is 0.474. The molecule has 7 nitrogen and oxygen atoms in total. The molecule has 27 heavy (non-hydrogen) atoms. The molecule has 0 radical (unpaired) electrons. The monoisotopic (exact) mass is 364 g/mol. The molecule has 0 amide bonds. The zero-order valence-electron chi connectivity index (χ0n) is 15.7. The minimum atomic E-state index is -0.0954. The van der Waals surface area contributed by atoms with Crippen LogP contribution in [0.4, 0.5) is 5.82 Å². The average Bonchev–Trinajstić information content (AvgIpc) is 3.03. The number of anilines is 1. The van der Waals surface area contributed by atoms with Gasteiger partial charge in [0, 0.05) is 37.8 Å². The van der Waals surface area contributed by atoms with E-state index in [9.17, 15) is 4.79 Å². The Kier molecular flexibility index (Phi) is 4.75. The van der Waals surface area contributed by atoms with E-state index in [1.54, 1.807) is 17.9 Å². The smallest absolute Gasteiger partial charge is 0.350 e. The van der Waals surface area contributed by atoms with Gasteiger partial charge >= 0.3 is 5.69 Å². The van der Waals surface area contributed by atoms with Crippen molar-refractivity contribution in [1.29, 1.82) is 0 Å². The molecular weight excluding hydrogens is 340 g/mol. The summed E-state index contributed by atoms with van der Waals surface area (Å²) in [5.74, 6) is 2.09. The van der Waals surface area contributed by atoms with Crippen LogP contribution in [0.1, 0.15) is 37.2 Å². The SMILES string of the molecule is CCc1cc(N2CCC(c3nn(C)c(=O)n3-c3ccccc3)CC2)ncn1. The molecule has 1 fully saturated rings. The lowest BCUT2D eigenvalue weighted by atomic mass is 9.95. The number of aryl methyl sites for hydroxylation is 2. The van der Waals surface area contributed by atoms with Crippen LogP contribution in [0.25, 0.3) is 5.69 Å². The van der Waals surface area contributed by atoms with Crippen molar-refractivity contribution in [3.05, 3.63) is 64.7 Å². The highest BCUT2D eigenvalue weighted by molar-refractivity contribution is 5.40. The summed E-state index contributed by atoms with van der Waals surface area (Å²) in [5, 5.41) is 4.56. The summed E-state index contributed by atoms with van der Waals surface area (Å²) in [6.07, 6.45) is 4.43. The third-order valence-electron chi connectivity index (χ3n) is 5.22. The minimum absolute atomic E-state index is 0.0954. The molecule has 1 saturated heterocycles. The van der Waals surface area contributed by atoms with E-state index >= 15 is 0 Å². The van der Waals surface area contributed by atoms with Gasteiger partial charge in [-0.25, -0.2) is 24.0 Å². The quantitative estimate of drug-likeness (QED) is 0.711. The second-order valence-corrected chi connectivity index (χ2v) is 6.92. The Hall–Kier alpha value is -2.96. The summed E-state index contributed by atoms with van der Waals surface area (Å²) in [5.41, 5.74) is 1.84. The summed E-state index contributed by atoms with van der Waals surface area (Å²) in [4.78, 5) is 23.6. The third kappa shape index (κ3) is 3.37. The van der Waals surface area contributed by atoms with Gasteiger partial charge in [0.15, 0.2) is 0 Å². The first-order chi connectivity index (χ1) is 13.2. The molecule has 1 aromatic carbocycles. The zero-order chi connectivity index (χ0) is 18.8. The van der Waals surface area contributed by atoms with E-state index < -0.39 is 0 Å². The van der Waals surface area contributed by atoms with Crippen LogP contribution in [0.15, 0.2) is 47.5 Å². The van der Waals surface area contributed by atoms with Crippen LogP contribution >= 0.6 is 0 Å². The number of benzene rings is 1. The summed E-state index contributed by atoms with van der Waals surface area (Å²) >= 11 is 0.